The van der Waals surface area contributed by atoms with Crippen LogP contribution in [0.1, 0.15) is 39.2 Å². The van der Waals surface area contributed by atoms with E-state index in [1.165, 1.54) is 12.3 Å². The second-order valence-electron chi connectivity index (χ2n) is 2.76. The molecule has 2 nitrogen and oxygen atoms in total. The van der Waals surface area contributed by atoms with E-state index in [2.05, 4.69) is 4.98 Å². The van der Waals surface area contributed by atoms with Gasteiger partial charge in [0.2, 0.25) is 0 Å². The first-order valence-corrected chi connectivity index (χ1v) is 4.49. The smallest absolute Gasteiger partial charge is 0.283 e. The maximum Gasteiger partial charge on any atom is 0.283 e. The highest BCUT2D eigenvalue weighted by molar-refractivity contribution is 5.13. The number of hydrogen-bond donors (Lipinski definition) is 1. The van der Waals surface area contributed by atoms with Gasteiger partial charge in [0.25, 0.3) is 5.56 Å². The third-order valence-corrected chi connectivity index (χ3v) is 1.55. The molecule has 0 saturated carbocycles. The number of pyridine rings is 1. The summed E-state index contributed by atoms with van der Waals surface area (Å²) in [4.78, 5) is 12.9. The summed E-state index contributed by atoms with van der Waals surface area (Å²) in [5, 5.41) is 0. The molecule has 0 atom stereocenters. The molecule has 74 valence electrons. The Morgan fingerprint density at radius 2 is 1.92 bits per heavy atom. The molecule has 0 spiro atoms. The molecular formula is C10H16FNO. The van der Waals surface area contributed by atoms with Crippen molar-refractivity contribution in [1.82, 2.24) is 4.98 Å². The molecule has 0 amide bonds. The highest BCUT2D eigenvalue weighted by Gasteiger charge is 2.02. The number of hydrogen-bond acceptors (Lipinski definition) is 1. The van der Waals surface area contributed by atoms with Gasteiger partial charge in [0, 0.05) is 6.20 Å². The lowest BCUT2D eigenvalue weighted by Gasteiger charge is -2.02. The van der Waals surface area contributed by atoms with E-state index < -0.39 is 11.4 Å². The van der Waals surface area contributed by atoms with E-state index in [0.717, 1.165) is 5.56 Å². The van der Waals surface area contributed by atoms with Gasteiger partial charge in [-0.2, -0.15) is 0 Å². The second-order valence-corrected chi connectivity index (χ2v) is 2.76. The van der Waals surface area contributed by atoms with Gasteiger partial charge in [-0.25, -0.2) is 4.39 Å². The van der Waals surface area contributed by atoms with Crippen LogP contribution in [0.2, 0.25) is 0 Å². The standard InChI is InChI=1S/C8H10FNO.C2H6/c1-5(2)6-3-7(9)8(11)10-4-6;1-2/h3-5H,1-2H3,(H,10,11);1-2H3. The monoisotopic (exact) mass is 185 g/mol. The first kappa shape index (κ1) is 11.9. The Balaban J connectivity index is 0.000000671. The third kappa shape index (κ3) is 3.40. The normalized spacial score (nSPS) is 9.38. The van der Waals surface area contributed by atoms with Gasteiger partial charge in [-0.1, -0.05) is 27.7 Å². The highest BCUT2D eigenvalue weighted by atomic mass is 19.1. The van der Waals surface area contributed by atoms with Gasteiger partial charge >= 0.3 is 0 Å². The van der Waals surface area contributed by atoms with E-state index in [-0.39, 0.29) is 5.92 Å². The topological polar surface area (TPSA) is 32.9 Å². The molecule has 1 aromatic heterocycles. The molecule has 0 aromatic carbocycles. The summed E-state index contributed by atoms with van der Waals surface area (Å²) in [6.07, 6.45) is 1.54. The summed E-state index contributed by atoms with van der Waals surface area (Å²) < 4.78 is 12.6. The molecule has 1 rings (SSSR count). The number of aromatic nitrogens is 1. The summed E-state index contributed by atoms with van der Waals surface area (Å²) in [5.74, 6) is -0.474. The SMILES string of the molecule is CC.CC(C)c1c[nH]c(=O)c(F)c1. The summed E-state index contributed by atoms with van der Waals surface area (Å²) in [7, 11) is 0. The molecule has 0 radical (unpaired) electrons. The Labute approximate surface area is 77.8 Å². The van der Waals surface area contributed by atoms with Gasteiger partial charge < -0.3 is 4.98 Å². The van der Waals surface area contributed by atoms with Crippen LogP contribution < -0.4 is 5.56 Å². The van der Waals surface area contributed by atoms with E-state index in [1.807, 2.05) is 27.7 Å². The van der Waals surface area contributed by atoms with E-state index >= 15 is 0 Å². The predicted molar refractivity (Wildman–Crippen MR) is 52.5 cm³/mol. The minimum atomic E-state index is -0.712. The van der Waals surface area contributed by atoms with Crippen molar-refractivity contribution in [1.29, 1.82) is 0 Å². The molecule has 0 aliphatic rings. The molecular weight excluding hydrogens is 169 g/mol. The number of rotatable bonds is 1. The Hall–Kier alpha value is -1.12. The van der Waals surface area contributed by atoms with Crippen LogP contribution in [0.25, 0.3) is 0 Å². The zero-order chi connectivity index (χ0) is 10.4. The Morgan fingerprint density at radius 1 is 1.38 bits per heavy atom. The quantitative estimate of drug-likeness (QED) is 0.716. The molecule has 0 bridgehead atoms. The van der Waals surface area contributed by atoms with E-state index in [0.29, 0.717) is 0 Å². The Kier molecular flexibility index (Phi) is 5.04. The maximum absolute atomic E-state index is 12.6. The number of halogens is 1. The fourth-order valence-corrected chi connectivity index (χ4v) is 0.805. The van der Waals surface area contributed by atoms with Crippen LogP contribution in [0.4, 0.5) is 4.39 Å². The van der Waals surface area contributed by atoms with Crippen molar-refractivity contribution in [3.8, 4) is 0 Å². The van der Waals surface area contributed by atoms with Crippen LogP contribution in [0, 0.1) is 5.82 Å². The summed E-state index contributed by atoms with van der Waals surface area (Å²) in [6, 6.07) is 1.27. The van der Waals surface area contributed by atoms with Crippen LogP contribution in [-0.2, 0) is 0 Å². The van der Waals surface area contributed by atoms with Gasteiger partial charge in [0.1, 0.15) is 0 Å². The average Bonchev–Trinajstić information content (AvgIpc) is 2.13. The Morgan fingerprint density at radius 3 is 2.31 bits per heavy atom. The van der Waals surface area contributed by atoms with Gasteiger partial charge in [0.15, 0.2) is 5.82 Å². The first-order chi connectivity index (χ1) is 6.11. The predicted octanol–water partition coefficient (Wildman–Crippen LogP) is 2.66. The van der Waals surface area contributed by atoms with E-state index in [4.69, 9.17) is 0 Å². The number of H-pyrrole nitrogens is 1. The fraction of sp³-hybridized carbons (Fsp3) is 0.500. The maximum atomic E-state index is 12.6. The molecule has 1 N–H and O–H groups in total. The fourth-order valence-electron chi connectivity index (χ4n) is 0.805. The zero-order valence-corrected chi connectivity index (χ0v) is 8.52. The number of aromatic amines is 1. The van der Waals surface area contributed by atoms with Gasteiger partial charge in [-0.05, 0) is 17.5 Å². The summed E-state index contributed by atoms with van der Waals surface area (Å²) >= 11 is 0. The lowest BCUT2D eigenvalue weighted by atomic mass is 10.1. The summed E-state index contributed by atoms with van der Waals surface area (Å²) in [6.45, 7) is 7.88. The summed E-state index contributed by atoms with van der Waals surface area (Å²) in [5.41, 5.74) is 0.150. The van der Waals surface area contributed by atoms with Crippen LogP contribution in [-0.4, -0.2) is 4.98 Å². The van der Waals surface area contributed by atoms with Crippen LogP contribution in [0.3, 0.4) is 0 Å². The third-order valence-electron chi connectivity index (χ3n) is 1.55. The van der Waals surface area contributed by atoms with Crippen LogP contribution in [0.15, 0.2) is 17.1 Å². The minimum Gasteiger partial charge on any atom is -0.326 e. The zero-order valence-electron chi connectivity index (χ0n) is 8.52. The van der Waals surface area contributed by atoms with Crippen molar-refractivity contribution in [2.24, 2.45) is 0 Å². The van der Waals surface area contributed by atoms with Crippen LogP contribution >= 0.6 is 0 Å². The number of nitrogens with one attached hydrogen (secondary N) is 1. The minimum absolute atomic E-state index is 0.237. The molecule has 0 unspecified atom stereocenters. The van der Waals surface area contributed by atoms with Crippen molar-refractivity contribution < 1.29 is 4.39 Å². The molecule has 0 aliphatic carbocycles. The molecule has 13 heavy (non-hydrogen) atoms. The van der Waals surface area contributed by atoms with Gasteiger partial charge in [-0.15, -0.1) is 0 Å². The van der Waals surface area contributed by atoms with Gasteiger partial charge in [-0.3, -0.25) is 4.79 Å². The van der Waals surface area contributed by atoms with E-state index in [1.54, 1.807) is 0 Å². The first-order valence-electron chi connectivity index (χ1n) is 4.49. The lowest BCUT2D eigenvalue weighted by Crippen LogP contribution is -2.10. The van der Waals surface area contributed by atoms with Crippen molar-refractivity contribution in [3.63, 3.8) is 0 Å². The van der Waals surface area contributed by atoms with Crippen molar-refractivity contribution in [2.75, 3.05) is 0 Å². The van der Waals surface area contributed by atoms with Crippen molar-refractivity contribution in [2.45, 2.75) is 33.6 Å². The molecule has 1 heterocycles. The molecule has 3 heteroatoms. The lowest BCUT2D eigenvalue weighted by molar-refractivity contribution is 0.603. The Bertz CT molecular complexity index is 304. The van der Waals surface area contributed by atoms with Gasteiger partial charge in [0.05, 0.1) is 0 Å². The molecule has 0 fully saturated rings. The molecule has 0 saturated heterocycles. The van der Waals surface area contributed by atoms with Crippen molar-refractivity contribution >= 4 is 0 Å². The largest absolute Gasteiger partial charge is 0.326 e. The second kappa shape index (κ2) is 5.51. The van der Waals surface area contributed by atoms with E-state index in [9.17, 15) is 9.18 Å². The van der Waals surface area contributed by atoms with Crippen molar-refractivity contribution in [3.05, 3.63) is 34.0 Å². The molecule has 1 aromatic rings. The highest BCUT2D eigenvalue weighted by Crippen LogP contribution is 2.11. The molecule has 0 aliphatic heterocycles. The van der Waals surface area contributed by atoms with Crippen LogP contribution in [0.5, 0.6) is 0 Å². The average molecular weight is 185 g/mol.